The van der Waals surface area contributed by atoms with Gasteiger partial charge in [0, 0.05) is 6.42 Å². The van der Waals surface area contributed by atoms with Crippen LogP contribution in [-0.4, -0.2) is 23.4 Å². The molecule has 72 valence electrons. The highest BCUT2D eigenvalue weighted by Crippen LogP contribution is 2.10. The fourth-order valence-corrected chi connectivity index (χ4v) is 0.728. The van der Waals surface area contributed by atoms with E-state index in [0.717, 1.165) is 0 Å². The zero-order valence-corrected chi connectivity index (χ0v) is 7.67. The van der Waals surface area contributed by atoms with E-state index in [0.29, 0.717) is 13.0 Å². The highest BCUT2D eigenvalue weighted by atomic mass is 16.5. The van der Waals surface area contributed by atoms with Crippen molar-refractivity contribution in [3.05, 3.63) is 0 Å². The average Bonchev–Trinajstić information content (AvgIpc) is 2.02. The number of carbonyl (C=O) groups is 1. The summed E-state index contributed by atoms with van der Waals surface area (Å²) in [6.45, 7) is 3.88. The molecule has 1 unspecified atom stereocenters. The van der Waals surface area contributed by atoms with Crippen molar-refractivity contribution >= 4 is 5.97 Å². The van der Waals surface area contributed by atoms with Crippen LogP contribution >= 0.6 is 0 Å². The quantitative estimate of drug-likeness (QED) is 0.468. The van der Waals surface area contributed by atoms with Crippen molar-refractivity contribution in [2.45, 2.75) is 38.8 Å². The number of aliphatic hydroxyl groups is 1. The summed E-state index contributed by atoms with van der Waals surface area (Å²) in [5, 5.41) is 9.31. The second kappa shape index (κ2) is 5.11. The fourth-order valence-electron chi connectivity index (χ4n) is 0.728. The van der Waals surface area contributed by atoms with Crippen molar-refractivity contribution in [3.8, 4) is 0 Å². The molecule has 0 aromatic rings. The van der Waals surface area contributed by atoms with Crippen LogP contribution in [-0.2, 0) is 9.53 Å². The number of hydrogen-bond donors (Lipinski definition) is 2. The third-order valence-corrected chi connectivity index (χ3v) is 1.68. The van der Waals surface area contributed by atoms with Crippen LogP contribution in [0.1, 0.15) is 33.1 Å². The molecule has 1 atom stereocenters. The number of carbonyl (C=O) groups excluding carboxylic acids is 1. The van der Waals surface area contributed by atoms with Gasteiger partial charge in [-0.25, -0.2) is 0 Å². The summed E-state index contributed by atoms with van der Waals surface area (Å²) >= 11 is 0. The number of rotatable bonds is 5. The van der Waals surface area contributed by atoms with Gasteiger partial charge < -0.3 is 15.6 Å². The zero-order chi connectivity index (χ0) is 9.61. The third kappa shape index (κ3) is 5.09. The van der Waals surface area contributed by atoms with Gasteiger partial charge in [0.1, 0.15) is 5.72 Å². The molecule has 0 radical (unpaired) electrons. The van der Waals surface area contributed by atoms with Crippen molar-refractivity contribution in [2.24, 2.45) is 5.73 Å². The van der Waals surface area contributed by atoms with Gasteiger partial charge in [0.2, 0.25) is 0 Å². The second-order valence-electron chi connectivity index (χ2n) is 2.76. The van der Waals surface area contributed by atoms with Crippen LogP contribution in [0.3, 0.4) is 0 Å². The van der Waals surface area contributed by atoms with Crippen LogP contribution in [0.5, 0.6) is 0 Å². The SMILES string of the molecule is CCOC(=O)CCC(N)(O)CC. The first kappa shape index (κ1) is 11.4. The molecular formula is C8H17NO3. The molecule has 0 heterocycles. The van der Waals surface area contributed by atoms with E-state index >= 15 is 0 Å². The van der Waals surface area contributed by atoms with Crippen molar-refractivity contribution < 1.29 is 14.6 Å². The van der Waals surface area contributed by atoms with Gasteiger partial charge in [0.25, 0.3) is 0 Å². The number of ether oxygens (including phenoxy) is 1. The van der Waals surface area contributed by atoms with Crippen molar-refractivity contribution in [3.63, 3.8) is 0 Å². The monoisotopic (exact) mass is 175 g/mol. The van der Waals surface area contributed by atoms with Gasteiger partial charge in [0.15, 0.2) is 0 Å². The zero-order valence-electron chi connectivity index (χ0n) is 7.67. The first-order valence-corrected chi connectivity index (χ1v) is 4.18. The first-order valence-electron chi connectivity index (χ1n) is 4.18. The topological polar surface area (TPSA) is 72.5 Å². The maximum Gasteiger partial charge on any atom is 0.305 e. The Morgan fingerprint density at radius 3 is 2.58 bits per heavy atom. The summed E-state index contributed by atoms with van der Waals surface area (Å²) in [7, 11) is 0. The summed E-state index contributed by atoms with van der Waals surface area (Å²) in [5.41, 5.74) is 4.18. The van der Waals surface area contributed by atoms with Crippen LogP contribution in [0.4, 0.5) is 0 Å². The van der Waals surface area contributed by atoms with E-state index < -0.39 is 5.72 Å². The van der Waals surface area contributed by atoms with E-state index in [4.69, 9.17) is 5.73 Å². The molecule has 4 heteroatoms. The number of hydrogen-bond acceptors (Lipinski definition) is 4. The molecule has 0 aliphatic carbocycles. The Hall–Kier alpha value is -0.610. The molecular weight excluding hydrogens is 158 g/mol. The minimum absolute atomic E-state index is 0.175. The van der Waals surface area contributed by atoms with Crippen LogP contribution in [0.25, 0.3) is 0 Å². The lowest BCUT2D eigenvalue weighted by Gasteiger charge is -2.19. The average molecular weight is 175 g/mol. The molecule has 0 fully saturated rings. The molecule has 0 aromatic heterocycles. The number of nitrogens with two attached hydrogens (primary N) is 1. The summed E-state index contributed by atoms with van der Waals surface area (Å²) in [6.07, 6.45) is 0.865. The molecule has 0 saturated heterocycles. The normalized spacial score (nSPS) is 15.3. The molecule has 0 aromatic carbocycles. The Kier molecular flexibility index (Phi) is 4.85. The molecule has 0 spiro atoms. The van der Waals surface area contributed by atoms with E-state index in [1.165, 1.54) is 0 Å². The molecule has 3 N–H and O–H groups in total. The van der Waals surface area contributed by atoms with Gasteiger partial charge in [-0.1, -0.05) is 6.92 Å². The molecule has 0 aliphatic rings. The largest absolute Gasteiger partial charge is 0.466 e. The van der Waals surface area contributed by atoms with E-state index in [1.807, 2.05) is 0 Å². The fraction of sp³-hybridized carbons (Fsp3) is 0.875. The standard InChI is InChI=1S/C8H17NO3/c1-3-8(9,11)6-5-7(10)12-4-2/h11H,3-6,9H2,1-2H3. The van der Waals surface area contributed by atoms with E-state index in [9.17, 15) is 9.90 Å². The minimum atomic E-state index is -1.23. The second-order valence-corrected chi connectivity index (χ2v) is 2.76. The van der Waals surface area contributed by atoms with E-state index in [2.05, 4.69) is 4.74 Å². The molecule has 0 amide bonds. The van der Waals surface area contributed by atoms with Gasteiger partial charge in [-0.05, 0) is 19.8 Å². The highest BCUT2D eigenvalue weighted by Gasteiger charge is 2.19. The van der Waals surface area contributed by atoms with Gasteiger partial charge in [-0.3, -0.25) is 4.79 Å². The summed E-state index contributed by atoms with van der Waals surface area (Å²) in [4.78, 5) is 10.8. The maximum atomic E-state index is 10.8. The lowest BCUT2D eigenvalue weighted by molar-refractivity contribution is -0.144. The van der Waals surface area contributed by atoms with Crippen molar-refractivity contribution in [2.75, 3.05) is 6.61 Å². The Balaban J connectivity index is 3.60. The predicted molar refractivity (Wildman–Crippen MR) is 45.3 cm³/mol. The van der Waals surface area contributed by atoms with Crippen molar-refractivity contribution in [1.82, 2.24) is 0 Å². The van der Waals surface area contributed by atoms with E-state index in [1.54, 1.807) is 13.8 Å². The van der Waals surface area contributed by atoms with E-state index in [-0.39, 0.29) is 18.8 Å². The Morgan fingerprint density at radius 1 is 1.58 bits per heavy atom. The molecule has 4 nitrogen and oxygen atoms in total. The highest BCUT2D eigenvalue weighted by molar-refractivity contribution is 5.69. The number of esters is 1. The van der Waals surface area contributed by atoms with Gasteiger partial charge in [-0.15, -0.1) is 0 Å². The van der Waals surface area contributed by atoms with Gasteiger partial charge in [0.05, 0.1) is 6.61 Å². The third-order valence-electron chi connectivity index (χ3n) is 1.68. The minimum Gasteiger partial charge on any atom is -0.466 e. The van der Waals surface area contributed by atoms with Crippen LogP contribution in [0.15, 0.2) is 0 Å². The Bertz CT molecular complexity index is 145. The Labute approximate surface area is 72.7 Å². The summed E-state index contributed by atoms with van der Waals surface area (Å²) < 4.78 is 4.68. The molecule has 0 bridgehead atoms. The molecule has 12 heavy (non-hydrogen) atoms. The van der Waals surface area contributed by atoms with Crippen LogP contribution in [0, 0.1) is 0 Å². The van der Waals surface area contributed by atoms with Crippen LogP contribution < -0.4 is 5.73 Å². The summed E-state index contributed by atoms with van der Waals surface area (Å²) in [5.74, 6) is -0.310. The van der Waals surface area contributed by atoms with Crippen molar-refractivity contribution in [1.29, 1.82) is 0 Å². The Morgan fingerprint density at radius 2 is 2.17 bits per heavy atom. The van der Waals surface area contributed by atoms with Gasteiger partial charge >= 0.3 is 5.97 Å². The maximum absolute atomic E-state index is 10.8. The van der Waals surface area contributed by atoms with Gasteiger partial charge in [-0.2, -0.15) is 0 Å². The predicted octanol–water partition coefficient (Wildman–Crippen LogP) is 0.387. The molecule has 0 saturated carbocycles. The molecule has 0 rings (SSSR count). The lowest BCUT2D eigenvalue weighted by Crippen LogP contribution is -2.39. The smallest absolute Gasteiger partial charge is 0.305 e. The lowest BCUT2D eigenvalue weighted by atomic mass is 10.1. The van der Waals surface area contributed by atoms with Crippen LogP contribution in [0.2, 0.25) is 0 Å². The first-order chi connectivity index (χ1) is 5.52. The summed E-state index contributed by atoms with van der Waals surface area (Å²) in [6, 6.07) is 0. The molecule has 0 aliphatic heterocycles.